The Morgan fingerprint density at radius 3 is 2.60 bits per heavy atom. The Balaban J connectivity index is 2.94. The predicted molar refractivity (Wildman–Crippen MR) is 63.3 cm³/mol. The zero-order chi connectivity index (χ0) is 11.6. The fourth-order valence-electron chi connectivity index (χ4n) is 1.27. The van der Waals surface area contributed by atoms with Crippen molar-refractivity contribution in [2.75, 3.05) is 0 Å². The maximum absolute atomic E-state index is 13.4. The minimum absolute atomic E-state index is 0.0934. The lowest BCUT2D eigenvalue weighted by Gasteiger charge is -2.28. The van der Waals surface area contributed by atoms with Crippen molar-refractivity contribution in [1.29, 1.82) is 0 Å². The van der Waals surface area contributed by atoms with Crippen molar-refractivity contribution in [3.05, 3.63) is 34.1 Å². The first-order chi connectivity index (χ1) is 6.83. The van der Waals surface area contributed by atoms with Gasteiger partial charge in [-0.05, 0) is 36.6 Å². The van der Waals surface area contributed by atoms with Gasteiger partial charge in [-0.2, -0.15) is 0 Å². The van der Waals surface area contributed by atoms with Gasteiger partial charge in [0.25, 0.3) is 0 Å². The van der Waals surface area contributed by atoms with Gasteiger partial charge in [-0.3, -0.25) is 0 Å². The summed E-state index contributed by atoms with van der Waals surface area (Å²) >= 11 is 3.29. The van der Waals surface area contributed by atoms with Crippen LogP contribution >= 0.6 is 15.9 Å². The molecule has 0 amide bonds. The maximum Gasteiger partial charge on any atom is 0.126 e. The number of hydrogen-bond acceptors (Lipinski definition) is 1. The largest absolute Gasteiger partial charge is 0.390 e. The van der Waals surface area contributed by atoms with Gasteiger partial charge in [0.1, 0.15) is 5.82 Å². The number of halogens is 2. The highest BCUT2D eigenvalue weighted by molar-refractivity contribution is 9.10. The van der Waals surface area contributed by atoms with Gasteiger partial charge < -0.3 is 5.11 Å². The van der Waals surface area contributed by atoms with Crippen LogP contribution in [0.3, 0.4) is 0 Å². The third-order valence-electron chi connectivity index (χ3n) is 2.80. The average Bonchev–Trinajstić information content (AvgIpc) is 2.10. The Morgan fingerprint density at radius 2 is 2.07 bits per heavy atom. The molecule has 0 saturated carbocycles. The van der Waals surface area contributed by atoms with E-state index in [0.717, 1.165) is 4.47 Å². The molecule has 1 unspecified atom stereocenters. The molecule has 0 heterocycles. The third kappa shape index (κ3) is 3.28. The Labute approximate surface area is 98.4 Å². The van der Waals surface area contributed by atoms with Gasteiger partial charge in [0.2, 0.25) is 0 Å². The van der Waals surface area contributed by atoms with Crippen molar-refractivity contribution >= 4 is 15.9 Å². The lowest BCUT2D eigenvalue weighted by molar-refractivity contribution is 0.0132. The van der Waals surface area contributed by atoms with Gasteiger partial charge >= 0.3 is 0 Å². The number of benzene rings is 1. The van der Waals surface area contributed by atoms with Gasteiger partial charge in [0, 0.05) is 10.9 Å². The van der Waals surface area contributed by atoms with E-state index in [-0.39, 0.29) is 11.7 Å². The average molecular weight is 275 g/mol. The summed E-state index contributed by atoms with van der Waals surface area (Å²) in [4.78, 5) is 0. The molecule has 0 aliphatic rings. The standard InChI is InChI=1S/C12H16BrFO/c1-8(2)12(3,15)7-9-6-10(13)4-5-11(9)14/h4-6,8,15H,7H2,1-3H3. The van der Waals surface area contributed by atoms with Crippen molar-refractivity contribution in [2.45, 2.75) is 32.8 Å². The Morgan fingerprint density at radius 1 is 1.47 bits per heavy atom. The van der Waals surface area contributed by atoms with E-state index in [9.17, 15) is 9.50 Å². The molecule has 0 aliphatic carbocycles. The summed E-state index contributed by atoms with van der Waals surface area (Å²) in [5.41, 5.74) is -0.329. The normalized spacial score (nSPS) is 15.4. The predicted octanol–water partition coefficient (Wildman–Crippen LogP) is 3.54. The van der Waals surface area contributed by atoms with E-state index in [2.05, 4.69) is 15.9 Å². The van der Waals surface area contributed by atoms with Crippen LogP contribution in [-0.4, -0.2) is 10.7 Å². The first kappa shape index (κ1) is 12.7. The quantitative estimate of drug-likeness (QED) is 0.894. The van der Waals surface area contributed by atoms with E-state index in [1.165, 1.54) is 6.07 Å². The molecule has 0 aliphatic heterocycles. The lowest BCUT2D eigenvalue weighted by Crippen LogP contribution is -2.33. The lowest BCUT2D eigenvalue weighted by atomic mass is 9.86. The zero-order valence-electron chi connectivity index (χ0n) is 9.22. The van der Waals surface area contributed by atoms with Crippen LogP contribution in [0.2, 0.25) is 0 Å². The second-order valence-corrected chi connectivity index (χ2v) is 5.34. The van der Waals surface area contributed by atoms with Crippen molar-refractivity contribution in [2.24, 2.45) is 5.92 Å². The number of aliphatic hydroxyl groups is 1. The summed E-state index contributed by atoms with van der Waals surface area (Å²) in [6.07, 6.45) is 0.329. The number of rotatable bonds is 3. The molecule has 1 atom stereocenters. The van der Waals surface area contributed by atoms with Crippen LogP contribution in [0.1, 0.15) is 26.3 Å². The van der Waals surface area contributed by atoms with Crippen LogP contribution in [0.5, 0.6) is 0 Å². The molecule has 1 aromatic carbocycles. The minimum Gasteiger partial charge on any atom is -0.390 e. The highest BCUT2D eigenvalue weighted by Crippen LogP contribution is 2.25. The van der Waals surface area contributed by atoms with E-state index in [1.54, 1.807) is 19.1 Å². The summed E-state index contributed by atoms with van der Waals surface area (Å²) in [5, 5.41) is 10.1. The highest BCUT2D eigenvalue weighted by atomic mass is 79.9. The van der Waals surface area contributed by atoms with E-state index in [1.807, 2.05) is 13.8 Å². The van der Waals surface area contributed by atoms with Gasteiger partial charge in [0.05, 0.1) is 5.60 Å². The van der Waals surface area contributed by atoms with Crippen LogP contribution < -0.4 is 0 Å². The zero-order valence-corrected chi connectivity index (χ0v) is 10.8. The molecule has 1 nitrogen and oxygen atoms in total. The molecule has 0 aromatic heterocycles. The number of hydrogen-bond donors (Lipinski definition) is 1. The van der Waals surface area contributed by atoms with Crippen LogP contribution in [0.4, 0.5) is 4.39 Å². The molecule has 0 saturated heterocycles. The van der Waals surface area contributed by atoms with Gasteiger partial charge in [-0.1, -0.05) is 29.8 Å². The van der Waals surface area contributed by atoms with Crippen LogP contribution in [0.25, 0.3) is 0 Å². The van der Waals surface area contributed by atoms with Crippen molar-refractivity contribution in [3.8, 4) is 0 Å². The Bertz CT molecular complexity index is 347. The molecule has 1 rings (SSSR count). The summed E-state index contributed by atoms with van der Waals surface area (Å²) < 4.78 is 14.3. The molecule has 1 aromatic rings. The van der Waals surface area contributed by atoms with E-state index >= 15 is 0 Å². The smallest absolute Gasteiger partial charge is 0.126 e. The first-order valence-corrected chi connectivity index (χ1v) is 5.78. The van der Waals surface area contributed by atoms with Crippen molar-refractivity contribution in [3.63, 3.8) is 0 Å². The molecule has 84 valence electrons. The first-order valence-electron chi connectivity index (χ1n) is 4.99. The highest BCUT2D eigenvalue weighted by Gasteiger charge is 2.26. The van der Waals surface area contributed by atoms with Crippen LogP contribution in [-0.2, 0) is 6.42 Å². The molecule has 0 radical (unpaired) electrons. The van der Waals surface area contributed by atoms with E-state index in [0.29, 0.717) is 12.0 Å². The SMILES string of the molecule is CC(C)C(C)(O)Cc1cc(Br)ccc1F. The molecule has 1 N–H and O–H groups in total. The second-order valence-electron chi connectivity index (χ2n) is 4.42. The monoisotopic (exact) mass is 274 g/mol. The summed E-state index contributed by atoms with van der Waals surface area (Å²) in [5.74, 6) is -0.171. The molecular formula is C12H16BrFO. The summed E-state index contributed by atoms with van der Waals surface area (Å²) in [7, 11) is 0. The minimum atomic E-state index is -0.873. The van der Waals surface area contributed by atoms with Gasteiger partial charge in [0.15, 0.2) is 0 Å². The Hall–Kier alpha value is -0.410. The fourth-order valence-corrected chi connectivity index (χ4v) is 1.68. The third-order valence-corrected chi connectivity index (χ3v) is 3.29. The van der Waals surface area contributed by atoms with Gasteiger partial charge in [-0.25, -0.2) is 4.39 Å². The Kier molecular flexibility index (Phi) is 3.90. The van der Waals surface area contributed by atoms with Crippen LogP contribution in [0.15, 0.2) is 22.7 Å². The summed E-state index contributed by atoms with van der Waals surface area (Å²) in [6, 6.07) is 4.78. The molecule has 0 spiro atoms. The molecule has 15 heavy (non-hydrogen) atoms. The maximum atomic E-state index is 13.4. The fraction of sp³-hybridized carbons (Fsp3) is 0.500. The summed E-state index contributed by atoms with van der Waals surface area (Å²) in [6.45, 7) is 5.59. The van der Waals surface area contributed by atoms with E-state index in [4.69, 9.17) is 0 Å². The second kappa shape index (κ2) is 4.62. The van der Waals surface area contributed by atoms with Crippen molar-refractivity contribution < 1.29 is 9.50 Å². The molecule has 0 bridgehead atoms. The molecular weight excluding hydrogens is 259 g/mol. The molecule has 3 heteroatoms. The van der Waals surface area contributed by atoms with E-state index < -0.39 is 5.60 Å². The van der Waals surface area contributed by atoms with Crippen molar-refractivity contribution in [1.82, 2.24) is 0 Å². The van der Waals surface area contributed by atoms with Crippen LogP contribution in [0, 0.1) is 11.7 Å². The molecule has 0 fully saturated rings. The topological polar surface area (TPSA) is 20.2 Å². The van der Waals surface area contributed by atoms with Gasteiger partial charge in [-0.15, -0.1) is 0 Å².